The normalized spacial score (nSPS) is 16.1. The molecule has 9 nitrogen and oxygen atoms in total. The number of unbranched alkanes of at least 4 members (excludes halogenated alkanes) is 3. The highest BCUT2D eigenvalue weighted by Crippen LogP contribution is 2.04. The predicted molar refractivity (Wildman–Crippen MR) is 116 cm³/mol. The van der Waals surface area contributed by atoms with Crippen molar-refractivity contribution in [2.75, 3.05) is 57.0 Å². The predicted octanol–water partition coefficient (Wildman–Crippen LogP) is 1.01. The number of pyridine rings is 1. The lowest BCUT2D eigenvalue weighted by atomic mass is 10.2. The van der Waals surface area contributed by atoms with Crippen molar-refractivity contribution in [1.29, 1.82) is 0 Å². The van der Waals surface area contributed by atoms with Crippen molar-refractivity contribution >= 4 is 21.7 Å². The molecule has 1 aromatic heterocycles. The summed E-state index contributed by atoms with van der Waals surface area (Å²) in [5, 5.41) is 3.00. The number of guanidine groups is 1. The van der Waals surface area contributed by atoms with Crippen LogP contribution in [0.25, 0.3) is 0 Å². The Morgan fingerprint density at radius 2 is 1.86 bits per heavy atom. The minimum Gasteiger partial charge on any atom is -0.379 e. The molecule has 2 heterocycles. The average Bonchev–Trinajstić information content (AvgIpc) is 2.72. The fraction of sp³-hybridized carbons (Fsp3) is 0.684. The Kier molecular flexibility index (Phi) is 10.9. The SMILES string of the molecule is NC(=NCCCCCCS(=O)(=O)NCCCN1CCOCC1)Nc1ccncc1. The highest BCUT2D eigenvalue weighted by Gasteiger charge is 2.11. The van der Waals surface area contributed by atoms with Crippen LogP contribution in [-0.4, -0.2) is 76.0 Å². The number of anilines is 1. The molecule has 1 fully saturated rings. The molecule has 29 heavy (non-hydrogen) atoms. The summed E-state index contributed by atoms with van der Waals surface area (Å²) in [6.45, 7) is 5.43. The molecular weight excluding hydrogens is 392 g/mol. The zero-order valence-electron chi connectivity index (χ0n) is 17.1. The van der Waals surface area contributed by atoms with Gasteiger partial charge in [0.1, 0.15) is 0 Å². The van der Waals surface area contributed by atoms with Crippen LogP contribution < -0.4 is 15.8 Å². The lowest BCUT2D eigenvalue weighted by Gasteiger charge is -2.26. The third-order valence-corrected chi connectivity index (χ3v) is 6.10. The first-order chi connectivity index (χ1) is 14.1. The third-order valence-electron chi connectivity index (χ3n) is 4.63. The number of hydrogen-bond donors (Lipinski definition) is 3. The third kappa shape index (κ3) is 11.1. The van der Waals surface area contributed by atoms with Gasteiger partial charge < -0.3 is 15.8 Å². The zero-order chi connectivity index (χ0) is 20.8. The Morgan fingerprint density at radius 3 is 2.62 bits per heavy atom. The van der Waals surface area contributed by atoms with Gasteiger partial charge in [0.25, 0.3) is 0 Å². The Morgan fingerprint density at radius 1 is 1.14 bits per heavy atom. The number of sulfonamides is 1. The molecule has 0 bridgehead atoms. The van der Waals surface area contributed by atoms with Crippen molar-refractivity contribution in [3.8, 4) is 0 Å². The van der Waals surface area contributed by atoms with Gasteiger partial charge in [-0.1, -0.05) is 12.8 Å². The number of nitrogens with two attached hydrogens (primary N) is 1. The van der Waals surface area contributed by atoms with Gasteiger partial charge in [-0.15, -0.1) is 0 Å². The van der Waals surface area contributed by atoms with Crippen LogP contribution in [0.4, 0.5) is 5.69 Å². The smallest absolute Gasteiger partial charge is 0.211 e. The lowest BCUT2D eigenvalue weighted by molar-refractivity contribution is 0.0376. The number of nitrogens with zero attached hydrogens (tertiary/aromatic N) is 3. The zero-order valence-corrected chi connectivity index (χ0v) is 17.9. The summed E-state index contributed by atoms with van der Waals surface area (Å²) in [7, 11) is -3.18. The Balaban J connectivity index is 1.46. The monoisotopic (exact) mass is 426 g/mol. The van der Waals surface area contributed by atoms with E-state index in [0.717, 1.165) is 64.2 Å². The van der Waals surface area contributed by atoms with Gasteiger partial charge in [-0.05, 0) is 37.9 Å². The van der Waals surface area contributed by atoms with E-state index in [2.05, 4.69) is 24.9 Å². The molecule has 0 saturated carbocycles. The van der Waals surface area contributed by atoms with Crippen LogP contribution in [0.2, 0.25) is 0 Å². The van der Waals surface area contributed by atoms with Gasteiger partial charge in [-0.25, -0.2) is 13.1 Å². The van der Waals surface area contributed by atoms with Crippen LogP contribution in [0.15, 0.2) is 29.5 Å². The minimum absolute atomic E-state index is 0.180. The Labute approximate surface area is 174 Å². The van der Waals surface area contributed by atoms with Crippen LogP contribution in [0.5, 0.6) is 0 Å². The van der Waals surface area contributed by atoms with Crippen molar-refractivity contribution in [1.82, 2.24) is 14.6 Å². The summed E-state index contributed by atoms with van der Waals surface area (Å²) in [5.41, 5.74) is 6.68. The summed E-state index contributed by atoms with van der Waals surface area (Å²) >= 11 is 0. The van der Waals surface area contributed by atoms with Crippen LogP contribution in [0, 0.1) is 0 Å². The molecule has 0 spiro atoms. The van der Waals surface area contributed by atoms with Gasteiger partial charge >= 0.3 is 0 Å². The molecule has 0 amide bonds. The first-order valence-electron chi connectivity index (χ1n) is 10.3. The summed E-state index contributed by atoms with van der Waals surface area (Å²) in [6, 6.07) is 3.64. The molecule has 10 heteroatoms. The summed E-state index contributed by atoms with van der Waals surface area (Å²) in [4.78, 5) is 10.5. The summed E-state index contributed by atoms with van der Waals surface area (Å²) < 4.78 is 32.1. The topological polar surface area (TPSA) is 122 Å². The number of aliphatic imine (C=N–C) groups is 1. The Bertz CT molecular complexity index is 693. The average molecular weight is 427 g/mol. The van der Waals surface area contributed by atoms with E-state index >= 15 is 0 Å². The van der Waals surface area contributed by atoms with Gasteiger partial charge in [-0.2, -0.15) is 0 Å². The number of hydrogen-bond acceptors (Lipinski definition) is 6. The maximum absolute atomic E-state index is 12.0. The molecule has 0 radical (unpaired) electrons. The number of aromatic nitrogens is 1. The van der Waals surface area contributed by atoms with Gasteiger partial charge in [0.15, 0.2) is 5.96 Å². The van der Waals surface area contributed by atoms with E-state index in [1.165, 1.54) is 0 Å². The summed E-state index contributed by atoms with van der Waals surface area (Å²) in [6.07, 6.45) is 7.52. The van der Waals surface area contributed by atoms with Crippen molar-refractivity contribution in [3.05, 3.63) is 24.5 Å². The molecule has 1 aliphatic rings. The molecule has 1 aliphatic heterocycles. The highest BCUT2D eigenvalue weighted by atomic mass is 32.2. The van der Waals surface area contributed by atoms with E-state index in [4.69, 9.17) is 10.5 Å². The molecule has 2 rings (SSSR count). The van der Waals surface area contributed by atoms with Crippen molar-refractivity contribution in [3.63, 3.8) is 0 Å². The van der Waals surface area contributed by atoms with E-state index in [1.807, 2.05) is 12.1 Å². The minimum atomic E-state index is -3.18. The molecule has 1 saturated heterocycles. The van der Waals surface area contributed by atoms with Gasteiger partial charge in [0, 0.05) is 44.3 Å². The van der Waals surface area contributed by atoms with Crippen LogP contribution in [0.1, 0.15) is 32.1 Å². The summed E-state index contributed by atoms with van der Waals surface area (Å²) in [5.74, 6) is 0.555. The van der Waals surface area contributed by atoms with E-state index < -0.39 is 10.0 Å². The Hall–Kier alpha value is -1.75. The largest absolute Gasteiger partial charge is 0.379 e. The van der Waals surface area contributed by atoms with E-state index in [-0.39, 0.29) is 5.75 Å². The molecule has 164 valence electrons. The van der Waals surface area contributed by atoms with Gasteiger partial charge in [0.2, 0.25) is 10.0 Å². The fourth-order valence-corrected chi connectivity index (χ4v) is 4.19. The van der Waals surface area contributed by atoms with Crippen LogP contribution in [0.3, 0.4) is 0 Å². The van der Waals surface area contributed by atoms with E-state index in [9.17, 15) is 8.42 Å². The van der Waals surface area contributed by atoms with Crippen molar-refractivity contribution in [2.24, 2.45) is 10.7 Å². The first-order valence-corrected chi connectivity index (χ1v) is 11.9. The molecule has 0 aromatic carbocycles. The van der Waals surface area contributed by atoms with Gasteiger partial charge in [-0.3, -0.25) is 14.9 Å². The number of morpholine rings is 1. The molecule has 1 aromatic rings. The molecule has 0 aliphatic carbocycles. The van der Waals surface area contributed by atoms with Crippen molar-refractivity contribution in [2.45, 2.75) is 32.1 Å². The van der Waals surface area contributed by atoms with Gasteiger partial charge in [0.05, 0.1) is 19.0 Å². The fourth-order valence-electron chi connectivity index (χ4n) is 3.01. The molecule has 4 N–H and O–H groups in total. The van der Waals surface area contributed by atoms with E-state index in [1.54, 1.807) is 12.4 Å². The number of nitrogens with one attached hydrogen (secondary N) is 2. The first kappa shape index (κ1) is 23.5. The molecular formula is C19H34N6O3S. The van der Waals surface area contributed by atoms with E-state index in [0.29, 0.717) is 25.5 Å². The van der Waals surface area contributed by atoms with Crippen LogP contribution >= 0.6 is 0 Å². The standard InChI is InChI=1S/C19H34N6O3S/c20-19(24-18-6-10-21-11-7-18)22-8-3-1-2-4-17-29(26,27)23-9-5-12-25-13-15-28-16-14-25/h6-7,10-11,23H,1-5,8-9,12-17H2,(H3,20,21,22,24). The highest BCUT2D eigenvalue weighted by molar-refractivity contribution is 7.89. The maximum atomic E-state index is 12.0. The number of rotatable bonds is 13. The second-order valence-electron chi connectivity index (χ2n) is 7.06. The molecule has 0 unspecified atom stereocenters. The number of ether oxygens (including phenoxy) is 1. The maximum Gasteiger partial charge on any atom is 0.211 e. The second-order valence-corrected chi connectivity index (χ2v) is 8.99. The quantitative estimate of drug-likeness (QED) is 0.244. The van der Waals surface area contributed by atoms with Crippen LogP contribution in [-0.2, 0) is 14.8 Å². The lowest BCUT2D eigenvalue weighted by Crippen LogP contribution is -2.38. The molecule has 0 atom stereocenters. The second kappa shape index (κ2) is 13.5. The van der Waals surface area contributed by atoms with Crippen molar-refractivity contribution < 1.29 is 13.2 Å².